The van der Waals surface area contributed by atoms with E-state index in [0.717, 1.165) is 0 Å². The van der Waals surface area contributed by atoms with Gasteiger partial charge in [-0.25, -0.2) is 0 Å². The van der Waals surface area contributed by atoms with Crippen molar-refractivity contribution in [2.24, 2.45) is 0 Å². The van der Waals surface area contributed by atoms with Gasteiger partial charge in [-0.3, -0.25) is 0 Å². The van der Waals surface area contributed by atoms with Gasteiger partial charge in [0.25, 0.3) is 0 Å². The molecular formula is H4CdMgSeZn. The predicted octanol–water partition coefficient (Wildman–Crippen LogP) is -1.84. The third-order valence-corrected chi connectivity index (χ3v) is 0. The summed E-state index contributed by atoms with van der Waals surface area (Å²) in [4.78, 5) is 0. The maximum Gasteiger partial charge on any atom is 0 e. The largest absolute Gasteiger partial charge is 0 e. The van der Waals surface area contributed by atoms with E-state index < -0.39 is 0 Å². The van der Waals surface area contributed by atoms with E-state index in [1.165, 1.54) is 0 Å². The van der Waals surface area contributed by atoms with E-state index in [1.54, 1.807) is 0 Å². The SMILES string of the molecule is [Cd].[MgH2].[SeH2].[Zn]. The molecule has 0 N–H and O–H groups in total. The molecule has 0 aliphatic carbocycles. The van der Waals surface area contributed by atoms with Gasteiger partial charge >= 0.3 is 40.1 Å². The first-order valence-electron chi connectivity index (χ1n) is 0. The summed E-state index contributed by atoms with van der Waals surface area (Å²) in [6.07, 6.45) is 0. The van der Waals surface area contributed by atoms with Crippen molar-refractivity contribution in [2.75, 3.05) is 0 Å². The van der Waals surface area contributed by atoms with Gasteiger partial charge in [-0.1, -0.05) is 0 Å². The van der Waals surface area contributed by atoms with Gasteiger partial charge in [-0.05, 0) is 0 Å². The second-order valence-corrected chi connectivity index (χ2v) is 0. The van der Waals surface area contributed by atoms with Crippen LogP contribution in [0.4, 0.5) is 0 Å². The third-order valence-electron chi connectivity index (χ3n) is 0. The zero-order valence-corrected chi connectivity index (χ0v) is 11.0. The minimum Gasteiger partial charge on any atom is 0 e. The van der Waals surface area contributed by atoms with Gasteiger partial charge in [0.15, 0.2) is 0 Å². The summed E-state index contributed by atoms with van der Waals surface area (Å²) >= 11 is 0. The molecule has 0 spiro atoms. The van der Waals surface area contributed by atoms with Gasteiger partial charge in [0.05, 0.1) is 0 Å². The maximum atomic E-state index is 0. The van der Waals surface area contributed by atoms with E-state index in [4.69, 9.17) is 0 Å². The van der Waals surface area contributed by atoms with Gasteiger partial charge in [-0.2, -0.15) is 0 Å². The van der Waals surface area contributed by atoms with Gasteiger partial charge in [-0.15, -0.1) is 0 Å². The van der Waals surface area contributed by atoms with Gasteiger partial charge in [0, 0.05) is 46.8 Å². The van der Waals surface area contributed by atoms with Crippen LogP contribution < -0.4 is 0 Å². The molecule has 0 aliphatic heterocycles. The topological polar surface area (TPSA) is 0 Å². The van der Waals surface area contributed by atoms with Crippen molar-refractivity contribution in [2.45, 2.75) is 0 Å². The molecule has 0 saturated heterocycles. The standard InChI is InChI=1S/Cd.Mg.H2Se.Zn.2H/h;;1H2;;;. The molecule has 4 heavy (non-hydrogen) atoms. The summed E-state index contributed by atoms with van der Waals surface area (Å²) in [5, 5.41) is 0. The van der Waals surface area contributed by atoms with Crippen LogP contribution in [0.2, 0.25) is 0 Å². The molecule has 0 fully saturated rings. The van der Waals surface area contributed by atoms with Crippen LogP contribution in [0.25, 0.3) is 0 Å². The van der Waals surface area contributed by atoms with Crippen molar-refractivity contribution in [3.63, 3.8) is 0 Å². The number of hydrogen-bond acceptors (Lipinski definition) is 0. The molecule has 0 nitrogen and oxygen atoms in total. The second kappa shape index (κ2) is 17.0. The Labute approximate surface area is 85.4 Å². The maximum absolute atomic E-state index is 0. The van der Waals surface area contributed by atoms with Crippen molar-refractivity contribution in [1.82, 2.24) is 0 Å². The molecule has 0 rings (SSSR count). The quantitative estimate of drug-likeness (QED) is 0.459. The Bertz CT molecular complexity index is 8.00. The summed E-state index contributed by atoms with van der Waals surface area (Å²) in [6.45, 7) is 0. The Hall–Kier alpha value is 2.83. The minimum absolute atomic E-state index is 0. The van der Waals surface area contributed by atoms with Crippen LogP contribution in [-0.2, 0) is 46.8 Å². The Balaban J connectivity index is 0. The molecule has 0 heterocycles. The molecule has 0 aromatic carbocycles. The van der Waals surface area contributed by atoms with Crippen molar-refractivity contribution in [3.8, 4) is 0 Å². The molecule has 0 atom stereocenters. The van der Waals surface area contributed by atoms with Gasteiger partial charge < -0.3 is 0 Å². The molecular weight excluding hydrogens is 281 g/mol. The zero-order chi connectivity index (χ0) is 0. The number of hydrogen-bond donors (Lipinski definition) is 0. The fourth-order valence-electron chi connectivity index (χ4n) is 0. The van der Waals surface area contributed by atoms with Crippen LogP contribution in [0.15, 0.2) is 0 Å². The van der Waals surface area contributed by atoms with E-state index in [0.29, 0.717) is 0 Å². The Morgan fingerprint density at radius 1 is 1.00 bits per heavy atom. The predicted molar refractivity (Wildman–Crippen MR) is 17.1 cm³/mol. The molecule has 0 aromatic rings. The molecule has 0 bridgehead atoms. The Kier molecular flexibility index (Phi) is 123. The normalized spacial score (nSPS) is 0. The van der Waals surface area contributed by atoms with E-state index in [-0.39, 0.29) is 86.9 Å². The third kappa shape index (κ3) is 8.85. The summed E-state index contributed by atoms with van der Waals surface area (Å²) in [5.41, 5.74) is 0. The minimum atomic E-state index is 0. The average Bonchev–Trinajstić information content (AvgIpc) is 0. The van der Waals surface area contributed by atoms with Crippen LogP contribution in [0.3, 0.4) is 0 Å². The average molecular weight is 285 g/mol. The van der Waals surface area contributed by atoms with Crippen LogP contribution in [0, 0.1) is 0 Å². The van der Waals surface area contributed by atoms with Crippen LogP contribution in [-0.4, -0.2) is 40.1 Å². The van der Waals surface area contributed by atoms with Crippen molar-refractivity contribution in [1.29, 1.82) is 0 Å². The molecule has 0 saturated carbocycles. The second-order valence-electron chi connectivity index (χ2n) is 0. The fraction of sp³-hybridized carbons (Fsp3) is 0. The summed E-state index contributed by atoms with van der Waals surface area (Å²) in [5.74, 6) is 0. The Morgan fingerprint density at radius 3 is 1.00 bits per heavy atom. The van der Waals surface area contributed by atoms with E-state index in [2.05, 4.69) is 0 Å². The van der Waals surface area contributed by atoms with E-state index in [1.807, 2.05) is 0 Å². The van der Waals surface area contributed by atoms with Crippen molar-refractivity contribution < 1.29 is 46.8 Å². The molecule has 16 valence electrons. The van der Waals surface area contributed by atoms with Crippen LogP contribution in [0.5, 0.6) is 0 Å². The molecule has 0 aromatic heterocycles. The fourth-order valence-corrected chi connectivity index (χ4v) is 0. The summed E-state index contributed by atoms with van der Waals surface area (Å²) in [6, 6.07) is 0. The van der Waals surface area contributed by atoms with Crippen LogP contribution in [0.1, 0.15) is 0 Å². The monoisotopic (exact) mass is 286 g/mol. The zero-order valence-electron chi connectivity index (χ0n) is 1.91. The Morgan fingerprint density at radius 2 is 1.00 bits per heavy atom. The van der Waals surface area contributed by atoms with Crippen molar-refractivity contribution in [3.05, 3.63) is 0 Å². The molecule has 0 aliphatic rings. The molecule has 0 unspecified atom stereocenters. The molecule has 0 amide bonds. The molecule has 4 heteroatoms. The van der Waals surface area contributed by atoms with Gasteiger partial charge in [0.1, 0.15) is 0 Å². The van der Waals surface area contributed by atoms with Crippen LogP contribution >= 0.6 is 0 Å². The van der Waals surface area contributed by atoms with E-state index >= 15 is 0 Å². The van der Waals surface area contributed by atoms with Gasteiger partial charge in [0.2, 0.25) is 0 Å². The first-order chi connectivity index (χ1) is 0. The first-order valence-corrected chi connectivity index (χ1v) is 0. The first kappa shape index (κ1) is 29.0. The smallest absolute Gasteiger partial charge is 0 e. The van der Waals surface area contributed by atoms with Crippen molar-refractivity contribution >= 4 is 40.1 Å². The number of rotatable bonds is 0. The summed E-state index contributed by atoms with van der Waals surface area (Å²) in [7, 11) is 0. The molecule has 0 radical (unpaired) electrons. The summed E-state index contributed by atoms with van der Waals surface area (Å²) < 4.78 is 0. The van der Waals surface area contributed by atoms with E-state index in [9.17, 15) is 0 Å².